The summed E-state index contributed by atoms with van der Waals surface area (Å²) in [6, 6.07) is 3.47. The molecule has 1 heterocycles. The van der Waals surface area contributed by atoms with Crippen LogP contribution in [0.2, 0.25) is 0 Å². The van der Waals surface area contributed by atoms with Gasteiger partial charge in [0.15, 0.2) is 0 Å². The minimum Gasteiger partial charge on any atom is -0.380 e. The summed E-state index contributed by atoms with van der Waals surface area (Å²) < 4.78 is 5.54. The maximum Gasteiger partial charge on any atom is 0.108 e. The van der Waals surface area contributed by atoms with Crippen LogP contribution in [0.25, 0.3) is 0 Å². The minimum atomic E-state index is -0.315. The molecule has 0 bridgehead atoms. The number of nitriles is 1. The molecule has 0 amide bonds. The molecule has 4 heteroatoms. The van der Waals surface area contributed by atoms with Crippen LogP contribution in [0.5, 0.6) is 0 Å². The van der Waals surface area contributed by atoms with Gasteiger partial charge in [0.25, 0.3) is 0 Å². The summed E-state index contributed by atoms with van der Waals surface area (Å²) >= 11 is 0. The van der Waals surface area contributed by atoms with E-state index < -0.39 is 0 Å². The van der Waals surface area contributed by atoms with Gasteiger partial charge >= 0.3 is 0 Å². The molecule has 2 aliphatic rings. The van der Waals surface area contributed by atoms with Crippen molar-refractivity contribution in [3.8, 4) is 6.07 Å². The molecule has 19 heavy (non-hydrogen) atoms. The summed E-state index contributed by atoms with van der Waals surface area (Å²) in [5, 5.41) is 13.1. The normalized spacial score (nSPS) is 33.9. The number of ether oxygens (including phenoxy) is 1. The minimum absolute atomic E-state index is 0.315. The van der Waals surface area contributed by atoms with Crippen LogP contribution in [-0.2, 0) is 4.74 Å². The van der Waals surface area contributed by atoms with Gasteiger partial charge in [0, 0.05) is 31.8 Å². The molecule has 108 valence electrons. The van der Waals surface area contributed by atoms with Crippen molar-refractivity contribution >= 4 is 0 Å². The molecule has 0 aromatic carbocycles. The van der Waals surface area contributed by atoms with Crippen LogP contribution in [0.15, 0.2) is 0 Å². The molecule has 1 aliphatic heterocycles. The third-order valence-corrected chi connectivity index (χ3v) is 4.28. The Morgan fingerprint density at radius 2 is 2.16 bits per heavy atom. The lowest BCUT2D eigenvalue weighted by Gasteiger charge is -2.42. The molecule has 1 N–H and O–H groups in total. The average Bonchev–Trinajstić information content (AvgIpc) is 2.67. The second-order valence-corrected chi connectivity index (χ2v) is 6.25. The topological polar surface area (TPSA) is 48.3 Å². The van der Waals surface area contributed by atoms with Crippen molar-refractivity contribution in [2.75, 3.05) is 26.3 Å². The SMILES string of the molecule is CC(C)NC1(C#N)CCCC(N2CCCOCC2)C1. The van der Waals surface area contributed by atoms with Gasteiger partial charge in [-0.1, -0.05) is 0 Å². The maximum atomic E-state index is 9.61. The van der Waals surface area contributed by atoms with Crippen LogP contribution in [0.4, 0.5) is 0 Å². The lowest BCUT2D eigenvalue weighted by Crippen LogP contribution is -2.55. The predicted octanol–water partition coefficient (Wildman–Crippen LogP) is 1.91. The van der Waals surface area contributed by atoms with Crippen molar-refractivity contribution in [1.29, 1.82) is 5.26 Å². The van der Waals surface area contributed by atoms with Gasteiger partial charge in [0.05, 0.1) is 12.7 Å². The van der Waals surface area contributed by atoms with Crippen molar-refractivity contribution < 1.29 is 4.74 Å². The molecular formula is C15H27N3O. The van der Waals surface area contributed by atoms with Crippen LogP contribution in [0.1, 0.15) is 46.0 Å². The van der Waals surface area contributed by atoms with Crippen molar-refractivity contribution in [3.63, 3.8) is 0 Å². The molecule has 2 atom stereocenters. The van der Waals surface area contributed by atoms with E-state index in [4.69, 9.17) is 4.74 Å². The molecule has 2 unspecified atom stereocenters. The zero-order chi connectivity index (χ0) is 13.7. The Balaban J connectivity index is 2.00. The molecule has 4 nitrogen and oxygen atoms in total. The van der Waals surface area contributed by atoms with Gasteiger partial charge in [-0.2, -0.15) is 5.26 Å². The predicted molar refractivity (Wildman–Crippen MR) is 75.9 cm³/mol. The Morgan fingerprint density at radius 3 is 2.89 bits per heavy atom. The van der Waals surface area contributed by atoms with Gasteiger partial charge in [-0.05, 0) is 46.0 Å². The number of rotatable bonds is 3. The van der Waals surface area contributed by atoms with Crippen molar-refractivity contribution in [2.24, 2.45) is 0 Å². The van der Waals surface area contributed by atoms with Crippen molar-refractivity contribution in [3.05, 3.63) is 0 Å². The van der Waals surface area contributed by atoms with E-state index in [9.17, 15) is 5.26 Å². The number of hydrogen-bond donors (Lipinski definition) is 1. The fourth-order valence-electron chi connectivity index (χ4n) is 3.51. The molecule has 2 fully saturated rings. The zero-order valence-corrected chi connectivity index (χ0v) is 12.3. The highest BCUT2D eigenvalue weighted by molar-refractivity contribution is 5.11. The van der Waals surface area contributed by atoms with Crippen LogP contribution < -0.4 is 5.32 Å². The lowest BCUT2D eigenvalue weighted by molar-refractivity contribution is 0.101. The molecule has 0 radical (unpaired) electrons. The molecule has 1 saturated carbocycles. The maximum absolute atomic E-state index is 9.61. The zero-order valence-electron chi connectivity index (χ0n) is 12.3. The Hall–Kier alpha value is -0.630. The first kappa shape index (κ1) is 14.8. The molecule has 1 saturated heterocycles. The van der Waals surface area contributed by atoms with E-state index in [1.54, 1.807) is 0 Å². The van der Waals surface area contributed by atoms with Gasteiger partial charge in [-0.25, -0.2) is 0 Å². The average molecular weight is 265 g/mol. The van der Waals surface area contributed by atoms with Crippen LogP contribution in [-0.4, -0.2) is 48.8 Å². The Bertz CT molecular complexity index is 318. The second-order valence-electron chi connectivity index (χ2n) is 6.25. The molecule has 0 spiro atoms. The summed E-state index contributed by atoms with van der Waals surface area (Å²) in [5.41, 5.74) is -0.315. The van der Waals surface area contributed by atoms with Crippen LogP contribution in [0.3, 0.4) is 0 Å². The molecule has 2 rings (SSSR count). The first-order chi connectivity index (χ1) is 9.15. The van der Waals surface area contributed by atoms with Crippen molar-refractivity contribution in [2.45, 2.75) is 63.6 Å². The van der Waals surface area contributed by atoms with Gasteiger partial charge < -0.3 is 4.74 Å². The second kappa shape index (κ2) is 6.69. The first-order valence-corrected chi connectivity index (χ1v) is 7.66. The largest absolute Gasteiger partial charge is 0.380 e. The molecule has 1 aliphatic carbocycles. The summed E-state index contributed by atoms with van der Waals surface area (Å²) in [6.07, 6.45) is 5.44. The highest BCUT2D eigenvalue weighted by atomic mass is 16.5. The monoisotopic (exact) mass is 265 g/mol. The standard InChI is InChI=1S/C15H27N3O/c1-13(2)17-15(12-16)6-3-5-14(11-15)18-7-4-9-19-10-8-18/h13-14,17H,3-11H2,1-2H3. The smallest absolute Gasteiger partial charge is 0.108 e. The van der Waals surface area contributed by atoms with Crippen molar-refractivity contribution in [1.82, 2.24) is 10.2 Å². The van der Waals surface area contributed by atoms with Crippen LogP contribution >= 0.6 is 0 Å². The fraction of sp³-hybridized carbons (Fsp3) is 0.933. The van der Waals surface area contributed by atoms with E-state index in [0.29, 0.717) is 12.1 Å². The summed E-state index contributed by atoms with van der Waals surface area (Å²) in [6.45, 7) is 8.12. The van der Waals surface area contributed by atoms with E-state index in [1.807, 2.05) is 0 Å². The molecular weight excluding hydrogens is 238 g/mol. The number of hydrogen-bond acceptors (Lipinski definition) is 4. The van der Waals surface area contributed by atoms with E-state index in [-0.39, 0.29) is 5.54 Å². The van der Waals surface area contributed by atoms with E-state index in [0.717, 1.165) is 52.0 Å². The summed E-state index contributed by atoms with van der Waals surface area (Å²) in [7, 11) is 0. The highest BCUT2D eigenvalue weighted by Crippen LogP contribution is 2.31. The molecule has 0 aromatic rings. The number of nitrogens with zero attached hydrogens (tertiary/aromatic N) is 2. The van der Waals surface area contributed by atoms with E-state index >= 15 is 0 Å². The Labute approximate surface area is 117 Å². The number of nitrogens with one attached hydrogen (secondary N) is 1. The highest BCUT2D eigenvalue weighted by Gasteiger charge is 2.38. The quantitative estimate of drug-likeness (QED) is 0.847. The van der Waals surface area contributed by atoms with E-state index in [2.05, 4.69) is 30.1 Å². The van der Waals surface area contributed by atoms with Gasteiger partial charge in [0.2, 0.25) is 0 Å². The Morgan fingerprint density at radius 1 is 1.32 bits per heavy atom. The third-order valence-electron chi connectivity index (χ3n) is 4.28. The fourth-order valence-corrected chi connectivity index (χ4v) is 3.51. The third kappa shape index (κ3) is 3.92. The van der Waals surface area contributed by atoms with Gasteiger partial charge in [0.1, 0.15) is 5.54 Å². The summed E-state index contributed by atoms with van der Waals surface area (Å²) in [4.78, 5) is 2.54. The first-order valence-electron chi connectivity index (χ1n) is 7.66. The van der Waals surface area contributed by atoms with Gasteiger partial charge in [-0.3, -0.25) is 10.2 Å². The lowest BCUT2D eigenvalue weighted by atomic mass is 9.79. The van der Waals surface area contributed by atoms with Gasteiger partial charge in [-0.15, -0.1) is 0 Å². The van der Waals surface area contributed by atoms with Crippen LogP contribution in [0, 0.1) is 11.3 Å². The Kier molecular flexibility index (Phi) is 5.20. The summed E-state index contributed by atoms with van der Waals surface area (Å²) in [5.74, 6) is 0. The molecule has 0 aromatic heterocycles. The van der Waals surface area contributed by atoms with E-state index in [1.165, 1.54) is 6.42 Å².